The Hall–Kier alpha value is -1.83. The van der Waals surface area contributed by atoms with E-state index in [-0.39, 0.29) is 0 Å². The van der Waals surface area contributed by atoms with Crippen LogP contribution in [0.5, 0.6) is 5.88 Å². The summed E-state index contributed by atoms with van der Waals surface area (Å²) in [4.78, 5) is 4.28. The first-order valence-corrected chi connectivity index (χ1v) is 5.45. The van der Waals surface area contributed by atoms with E-state index in [4.69, 9.17) is 4.74 Å². The van der Waals surface area contributed by atoms with Crippen molar-refractivity contribution in [3.63, 3.8) is 0 Å². The van der Waals surface area contributed by atoms with Crippen LogP contribution >= 0.6 is 0 Å². The Balaban J connectivity index is 1.85. The van der Waals surface area contributed by atoms with Crippen LogP contribution in [0.2, 0.25) is 0 Å². The Morgan fingerprint density at radius 1 is 1.00 bits per heavy atom. The van der Waals surface area contributed by atoms with Crippen molar-refractivity contribution in [3.05, 3.63) is 59.8 Å². The van der Waals surface area contributed by atoms with Gasteiger partial charge in [-0.15, -0.1) is 0 Å². The van der Waals surface area contributed by atoms with Gasteiger partial charge in [-0.2, -0.15) is 0 Å². The van der Waals surface area contributed by atoms with Gasteiger partial charge in [0, 0.05) is 18.2 Å². The Bertz CT molecular complexity index is 439. The highest BCUT2D eigenvalue weighted by Gasteiger charge is 1.96. The van der Waals surface area contributed by atoms with Crippen molar-refractivity contribution in [1.29, 1.82) is 0 Å². The van der Waals surface area contributed by atoms with Gasteiger partial charge in [0.25, 0.3) is 0 Å². The first-order chi connectivity index (χ1) is 7.84. The number of hydrogen-bond donors (Lipinski definition) is 0. The third-order valence-electron chi connectivity index (χ3n) is 2.35. The summed E-state index contributed by atoms with van der Waals surface area (Å²) < 4.78 is 5.58. The predicted molar refractivity (Wildman–Crippen MR) is 64.6 cm³/mol. The lowest BCUT2D eigenvalue weighted by molar-refractivity contribution is 0.309. The molecule has 0 amide bonds. The maximum absolute atomic E-state index is 5.58. The lowest BCUT2D eigenvalue weighted by atomic mass is 10.2. The van der Waals surface area contributed by atoms with Gasteiger partial charge < -0.3 is 4.74 Å². The Morgan fingerprint density at radius 3 is 2.56 bits per heavy atom. The molecule has 1 aromatic heterocycles. The van der Waals surface area contributed by atoms with Crippen molar-refractivity contribution in [3.8, 4) is 5.88 Å². The maximum Gasteiger partial charge on any atom is 0.213 e. The highest BCUT2D eigenvalue weighted by Crippen LogP contribution is 2.07. The van der Waals surface area contributed by atoms with E-state index in [1.807, 2.05) is 43.3 Å². The van der Waals surface area contributed by atoms with Crippen LogP contribution in [0.3, 0.4) is 0 Å². The monoisotopic (exact) mass is 213 g/mol. The Labute approximate surface area is 95.9 Å². The molecule has 0 fully saturated rings. The molecule has 82 valence electrons. The molecule has 2 nitrogen and oxygen atoms in total. The Kier molecular flexibility index (Phi) is 3.54. The smallest absolute Gasteiger partial charge is 0.213 e. The summed E-state index contributed by atoms with van der Waals surface area (Å²) in [7, 11) is 0. The Morgan fingerprint density at radius 2 is 1.81 bits per heavy atom. The maximum atomic E-state index is 5.58. The lowest BCUT2D eigenvalue weighted by Gasteiger charge is -2.05. The molecule has 16 heavy (non-hydrogen) atoms. The topological polar surface area (TPSA) is 22.1 Å². The van der Waals surface area contributed by atoms with Gasteiger partial charge >= 0.3 is 0 Å². The highest BCUT2D eigenvalue weighted by molar-refractivity contribution is 5.16. The number of rotatable bonds is 4. The third-order valence-corrected chi connectivity index (χ3v) is 2.35. The number of hydrogen-bond acceptors (Lipinski definition) is 2. The van der Waals surface area contributed by atoms with Crippen molar-refractivity contribution in [2.75, 3.05) is 6.61 Å². The average molecular weight is 213 g/mol. The summed E-state index contributed by atoms with van der Waals surface area (Å²) in [5.41, 5.74) is 2.27. The fourth-order valence-electron chi connectivity index (χ4n) is 1.52. The van der Waals surface area contributed by atoms with Crippen LogP contribution in [0.25, 0.3) is 0 Å². The largest absolute Gasteiger partial charge is 0.477 e. The lowest BCUT2D eigenvalue weighted by Crippen LogP contribution is -2.02. The van der Waals surface area contributed by atoms with Crippen LogP contribution in [0.15, 0.2) is 48.5 Å². The third kappa shape index (κ3) is 3.09. The van der Waals surface area contributed by atoms with Gasteiger partial charge in [0.15, 0.2) is 0 Å². The standard InChI is InChI=1S/C14H15NO/c1-12-6-5-9-14(15-12)16-11-10-13-7-3-2-4-8-13/h2-9H,10-11H2,1H3. The molecular weight excluding hydrogens is 198 g/mol. The fourth-order valence-corrected chi connectivity index (χ4v) is 1.52. The molecule has 1 aromatic carbocycles. The fraction of sp³-hybridized carbons (Fsp3) is 0.214. The zero-order valence-electron chi connectivity index (χ0n) is 9.39. The summed E-state index contributed by atoms with van der Waals surface area (Å²) in [6.45, 7) is 2.63. The van der Waals surface area contributed by atoms with Gasteiger partial charge in [-0.25, -0.2) is 4.98 Å². The molecule has 0 aliphatic carbocycles. The molecule has 0 radical (unpaired) electrons. The molecule has 0 aliphatic rings. The van der Waals surface area contributed by atoms with Gasteiger partial charge in [0.2, 0.25) is 5.88 Å². The zero-order chi connectivity index (χ0) is 11.2. The highest BCUT2D eigenvalue weighted by atomic mass is 16.5. The average Bonchev–Trinajstić information content (AvgIpc) is 2.30. The van der Waals surface area contributed by atoms with Crippen molar-refractivity contribution in [2.45, 2.75) is 13.3 Å². The van der Waals surface area contributed by atoms with Crippen molar-refractivity contribution >= 4 is 0 Å². The van der Waals surface area contributed by atoms with E-state index >= 15 is 0 Å². The van der Waals surface area contributed by atoms with E-state index in [9.17, 15) is 0 Å². The van der Waals surface area contributed by atoms with Crippen LogP contribution in [0.4, 0.5) is 0 Å². The molecule has 0 saturated heterocycles. The van der Waals surface area contributed by atoms with E-state index in [2.05, 4.69) is 17.1 Å². The molecule has 0 spiro atoms. The zero-order valence-corrected chi connectivity index (χ0v) is 9.39. The molecule has 1 heterocycles. The van der Waals surface area contributed by atoms with Gasteiger partial charge in [0.05, 0.1) is 6.61 Å². The number of ether oxygens (including phenoxy) is 1. The second kappa shape index (κ2) is 5.31. The second-order valence-corrected chi connectivity index (χ2v) is 3.70. The number of pyridine rings is 1. The molecule has 0 saturated carbocycles. The number of aryl methyl sites for hydroxylation is 1. The van der Waals surface area contributed by atoms with Crippen LogP contribution in [-0.2, 0) is 6.42 Å². The number of benzene rings is 1. The van der Waals surface area contributed by atoms with Gasteiger partial charge in [-0.3, -0.25) is 0 Å². The van der Waals surface area contributed by atoms with Gasteiger partial charge in [-0.1, -0.05) is 36.4 Å². The van der Waals surface area contributed by atoms with Crippen molar-refractivity contribution in [2.24, 2.45) is 0 Å². The minimum absolute atomic E-state index is 0.667. The molecule has 0 N–H and O–H groups in total. The molecule has 2 heteroatoms. The molecule has 0 aliphatic heterocycles. The van der Waals surface area contributed by atoms with Crippen LogP contribution < -0.4 is 4.74 Å². The number of nitrogens with zero attached hydrogens (tertiary/aromatic N) is 1. The molecule has 2 rings (SSSR count). The van der Waals surface area contributed by atoms with E-state index in [1.54, 1.807) is 0 Å². The summed E-state index contributed by atoms with van der Waals surface area (Å²) in [5, 5.41) is 0. The van der Waals surface area contributed by atoms with E-state index in [1.165, 1.54) is 5.56 Å². The molecular formula is C14H15NO. The minimum atomic E-state index is 0.667. The van der Waals surface area contributed by atoms with Gasteiger partial charge in [0.1, 0.15) is 0 Å². The second-order valence-electron chi connectivity index (χ2n) is 3.70. The van der Waals surface area contributed by atoms with Crippen molar-refractivity contribution in [1.82, 2.24) is 4.98 Å². The van der Waals surface area contributed by atoms with E-state index in [0.29, 0.717) is 12.5 Å². The predicted octanol–water partition coefficient (Wildman–Crippen LogP) is 3.01. The first kappa shape index (κ1) is 10.7. The van der Waals surface area contributed by atoms with Crippen LogP contribution in [-0.4, -0.2) is 11.6 Å². The summed E-state index contributed by atoms with van der Waals surface area (Å²) in [5.74, 6) is 0.705. The normalized spacial score (nSPS) is 10.1. The summed E-state index contributed by atoms with van der Waals surface area (Å²) in [6, 6.07) is 16.1. The molecule has 0 unspecified atom stereocenters. The van der Waals surface area contributed by atoms with E-state index < -0.39 is 0 Å². The molecule has 0 bridgehead atoms. The summed E-state index contributed by atoms with van der Waals surface area (Å²) >= 11 is 0. The SMILES string of the molecule is Cc1cccc(OCCc2ccccc2)n1. The minimum Gasteiger partial charge on any atom is -0.477 e. The first-order valence-electron chi connectivity index (χ1n) is 5.45. The quantitative estimate of drug-likeness (QED) is 0.778. The molecule has 0 atom stereocenters. The van der Waals surface area contributed by atoms with Crippen molar-refractivity contribution < 1.29 is 4.74 Å². The van der Waals surface area contributed by atoms with Crippen LogP contribution in [0, 0.1) is 6.92 Å². The molecule has 2 aromatic rings. The number of aromatic nitrogens is 1. The van der Waals surface area contributed by atoms with Gasteiger partial charge in [-0.05, 0) is 18.6 Å². The van der Waals surface area contributed by atoms with E-state index in [0.717, 1.165) is 12.1 Å². The van der Waals surface area contributed by atoms with Crippen LogP contribution in [0.1, 0.15) is 11.3 Å². The summed E-state index contributed by atoms with van der Waals surface area (Å²) in [6.07, 6.45) is 0.913.